The summed E-state index contributed by atoms with van der Waals surface area (Å²) in [5.74, 6) is -0.0835. The number of allylic oxidation sites excluding steroid dienone is 8. The number of fused-ring (bicyclic) bond motifs is 6. The Morgan fingerprint density at radius 2 is 0.724 bits per heavy atom. The van der Waals surface area contributed by atoms with Crippen LogP contribution >= 0.6 is 0 Å². The van der Waals surface area contributed by atoms with Crippen molar-refractivity contribution in [1.29, 1.82) is 0 Å². The topological polar surface area (TPSA) is 219 Å². The summed E-state index contributed by atoms with van der Waals surface area (Å²) in [7, 11) is 0. The van der Waals surface area contributed by atoms with Gasteiger partial charge in [0.05, 0.1) is 33.8 Å². The van der Waals surface area contributed by atoms with E-state index in [9.17, 15) is 24.3 Å². The Kier molecular flexibility index (Phi) is 47.8. The molecule has 0 aliphatic heterocycles. The Balaban J connectivity index is 0.000000376. The number of aromatic nitrogens is 6. The molecule has 663 valence electrons. The molecule has 0 atom stereocenters. The maximum atomic E-state index is 11.5. The van der Waals surface area contributed by atoms with Gasteiger partial charge in [0.1, 0.15) is 5.76 Å². The maximum Gasteiger partial charge on any atom is 0.164 e. The molecule has 16 rings (SSSR count). The van der Waals surface area contributed by atoms with E-state index in [1.165, 1.54) is 132 Å². The molecule has 0 amide bonds. The van der Waals surface area contributed by atoms with Crippen LogP contribution in [0.2, 0.25) is 0 Å². The van der Waals surface area contributed by atoms with Gasteiger partial charge in [0.25, 0.3) is 0 Å². The SMILES string of the molecule is CC(=O)C=C(C)O.CC(=O)C=C(C)O.CC(=O)C=C(C)O.CC(C)(C)C(=O)C=C(O)C(C)(C)C.Cc1ccc2ccc(-c3[c-]ccc(-c4ccccc4)c3)nc2c1.Cc1ccc2ccc(-c3[c-]cccc3)nc2c1.Cc1ccc2ccc(-c3[c-]cccc3)nc2c1.[Ir].[Ir].[Ir].[Ir].[Ir].[c-]1ccc(-c2ccccc2)cc1-n1cccn1.[c-]1cccc2ccc3cccnc3c12. The number of nitrogens with zero attached hydrogens (tertiary/aromatic N) is 6. The number of aryl methyl sites for hydroxylation is 3. The Bertz CT molecular complexity index is 6040. The number of benzene rings is 11. The summed E-state index contributed by atoms with van der Waals surface area (Å²) in [6, 6.07) is 113. The number of hydrogen-bond donors (Lipinski definition) is 4. The summed E-state index contributed by atoms with van der Waals surface area (Å²) in [6.07, 6.45) is 10.3. The fourth-order valence-electron chi connectivity index (χ4n) is 11.6. The summed E-state index contributed by atoms with van der Waals surface area (Å²) < 4.78 is 1.81. The van der Waals surface area contributed by atoms with Gasteiger partial charge >= 0.3 is 0 Å². The minimum atomic E-state index is -0.417. The van der Waals surface area contributed by atoms with Crippen LogP contribution in [0.3, 0.4) is 0 Å². The van der Waals surface area contributed by atoms with Crippen molar-refractivity contribution in [3.8, 4) is 61.7 Å². The van der Waals surface area contributed by atoms with E-state index >= 15 is 0 Å². The first kappa shape index (κ1) is 110. The molecule has 0 bridgehead atoms. The molecule has 16 aromatic rings. The van der Waals surface area contributed by atoms with Gasteiger partial charge in [-0.25, -0.2) is 0 Å². The van der Waals surface area contributed by atoms with Crippen molar-refractivity contribution in [3.05, 3.63) is 398 Å². The van der Waals surface area contributed by atoms with Crippen LogP contribution in [-0.4, -0.2) is 73.3 Å². The smallest absolute Gasteiger partial charge is 0.164 e. The summed E-state index contributed by atoms with van der Waals surface area (Å²) in [4.78, 5) is 60.1. The third-order valence-electron chi connectivity index (χ3n) is 17.8. The predicted molar refractivity (Wildman–Crippen MR) is 499 cm³/mol. The standard InChI is InChI=1S/C22H16N.2C16H12N.C15H11N2.C13H8N.C11H20O2.3C5H8O2.5Ir/c1-16-10-11-18-12-13-21(23-22(18)14-16)20-9-5-8-19(15-20)17-6-3-2-4-7-17;2*1-12-7-8-14-9-10-15(17-16(14)11-12)13-5-3-2-4-6-13;1-2-6-13(7-3-1)14-8-4-9-15(12-14)17-11-5-10-16-17;1-2-6-12-10(4-1)7-8-11-5-3-9-14-13(11)12;1-10(2,3)8(12)7-9(13)11(4,5)6;3*1-4(6)3-5(2)7;;;;;/h2-8,10-15H,1H3;2*2-5,7-11H,1H3;1-8,10-12H;1-5,7-9H;7,12H,1-6H3;3*3,6H,1-2H3;;;;;/q5*-1;;;;;;;;;. The zero-order chi connectivity index (χ0) is 88.3. The summed E-state index contributed by atoms with van der Waals surface area (Å²) in [5.41, 5.74) is 18.8. The summed E-state index contributed by atoms with van der Waals surface area (Å²) >= 11 is 0. The molecular formula is C108H103Ir5N6O8-5. The van der Waals surface area contributed by atoms with E-state index in [-0.39, 0.29) is 152 Å². The molecule has 0 aliphatic rings. The number of aliphatic hydroxyl groups excluding tert-OH is 4. The fourth-order valence-corrected chi connectivity index (χ4v) is 11.6. The van der Waals surface area contributed by atoms with Crippen LogP contribution in [0, 0.1) is 61.9 Å². The second-order valence-corrected chi connectivity index (χ2v) is 30.7. The van der Waals surface area contributed by atoms with E-state index in [0.29, 0.717) is 0 Å². The molecular weight excluding hydrogens is 2470 g/mol. The Hall–Kier alpha value is -11.4. The van der Waals surface area contributed by atoms with Crippen LogP contribution < -0.4 is 0 Å². The van der Waals surface area contributed by atoms with Crippen molar-refractivity contribution in [2.75, 3.05) is 0 Å². The molecule has 0 unspecified atom stereocenters. The number of carbonyl (C=O) groups is 4. The van der Waals surface area contributed by atoms with Crippen LogP contribution in [0.15, 0.2) is 351 Å². The van der Waals surface area contributed by atoms with Crippen LogP contribution in [0.5, 0.6) is 0 Å². The average molecular weight is 2570 g/mol. The van der Waals surface area contributed by atoms with E-state index in [2.05, 4.69) is 235 Å². The van der Waals surface area contributed by atoms with E-state index in [4.69, 9.17) is 20.3 Å². The molecule has 5 radical (unpaired) electrons. The predicted octanol–water partition coefficient (Wildman–Crippen LogP) is 26.4. The number of hydrogen-bond acceptors (Lipinski definition) is 13. The number of rotatable bonds is 10. The first-order chi connectivity index (χ1) is 58.3. The van der Waals surface area contributed by atoms with Crippen molar-refractivity contribution in [2.24, 2.45) is 10.8 Å². The normalized spacial score (nSPS) is 10.8. The van der Waals surface area contributed by atoms with Gasteiger partial charge in [0.15, 0.2) is 23.1 Å². The van der Waals surface area contributed by atoms with Gasteiger partial charge < -0.3 is 25.4 Å². The van der Waals surface area contributed by atoms with Gasteiger partial charge in [0.2, 0.25) is 0 Å². The van der Waals surface area contributed by atoms with Gasteiger partial charge in [-0.3, -0.25) is 38.8 Å². The molecule has 0 saturated carbocycles. The first-order valence-corrected chi connectivity index (χ1v) is 39.7. The molecule has 14 nitrogen and oxygen atoms in total. The largest absolute Gasteiger partial charge is 0.512 e. The van der Waals surface area contributed by atoms with Crippen LogP contribution in [0.25, 0.3) is 116 Å². The quantitative estimate of drug-likeness (QED) is 0.0434. The second kappa shape index (κ2) is 55.3. The fraction of sp³-hybridized carbons (Fsp3) is 0.157. The second-order valence-electron chi connectivity index (χ2n) is 30.7. The minimum absolute atomic E-state index is 0. The minimum Gasteiger partial charge on any atom is -0.512 e. The van der Waals surface area contributed by atoms with Crippen LogP contribution in [0.1, 0.15) is 99.8 Å². The van der Waals surface area contributed by atoms with Crippen molar-refractivity contribution in [1.82, 2.24) is 29.7 Å². The molecule has 0 aliphatic carbocycles. The van der Waals surface area contributed by atoms with Gasteiger partial charge in [-0.2, -0.15) is 23.3 Å². The molecule has 5 heterocycles. The molecule has 0 fully saturated rings. The average Bonchev–Trinajstić information content (AvgIpc) is 1.65. The Morgan fingerprint density at radius 1 is 0.339 bits per heavy atom. The van der Waals surface area contributed by atoms with Crippen LogP contribution in [-0.2, 0) is 120 Å². The van der Waals surface area contributed by atoms with Crippen molar-refractivity contribution < 1.29 is 140 Å². The number of ketones is 4. The molecule has 11 aromatic carbocycles. The molecule has 5 aromatic heterocycles. The third-order valence-corrected chi connectivity index (χ3v) is 17.8. The van der Waals surface area contributed by atoms with Crippen LogP contribution in [0.4, 0.5) is 0 Å². The molecule has 127 heavy (non-hydrogen) atoms. The summed E-state index contributed by atoms with van der Waals surface area (Å²) in [6.45, 7) is 25.9. The third kappa shape index (κ3) is 37.6. The van der Waals surface area contributed by atoms with E-state index < -0.39 is 5.41 Å². The number of carbonyl (C=O) groups excluding carboxylic acids is 4. The zero-order valence-electron chi connectivity index (χ0n) is 73.4. The molecule has 19 heteroatoms. The Morgan fingerprint density at radius 3 is 1.12 bits per heavy atom. The van der Waals surface area contributed by atoms with Gasteiger partial charge in [-0.15, -0.1) is 154 Å². The number of aliphatic hydroxyl groups is 4. The van der Waals surface area contributed by atoms with E-state index in [1.807, 2.05) is 180 Å². The van der Waals surface area contributed by atoms with E-state index in [0.717, 1.165) is 66.9 Å². The van der Waals surface area contributed by atoms with Crippen molar-refractivity contribution in [2.45, 2.75) is 104 Å². The first-order valence-electron chi connectivity index (χ1n) is 39.7. The van der Waals surface area contributed by atoms with Gasteiger partial charge in [-0.05, 0) is 170 Å². The molecule has 0 saturated heterocycles. The molecule has 4 N–H and O–H groups in total. The van der Waals surface area contributed by atoms with Crippen molar-refractivity contribution >= 4 is 77.5 Å². The molecule has 0 spiro atoms. The van der Waals surface area contributed by atoms with E-state index in [1.54, 1.807) is 6.20 Å². The maximum absolute atomic E-state index is 11.5. The number of pyridine rings is 4. The van der Waals surface area contributed by atoms with Crippen molar-refractivity contribution in [3.63, 3.8) is 0 Å². The zero-order valence-corrected chi connectivity index (χ0v) is 85.4. The van der Waals surface area contributed by atoms with Gasteiger partial charge in [0, 0.05) is 154 Å². The van der Waals surface area contributed by atoms with Gasteiger partial charge in [-0.1, -0.05) is 193 Å². The monoisotopic (exact) mass is 2580 g/mol. The Labute approximate surface area is 814 Å². The summed E-state index contributed by atoms with van der Waals surface area (Å²) in [5, 5.41) is 45.8.